The smallest absolute Gasteiger partial charge is 0.251 e. The Morgan fingerprint density at radius 3 is 2.02 bits per heavy atom. The zero-order valence-corrected chi connectivity index (χ0v) is 36.9. The Labute approximate surface area is 364 Å². The Hall–Kier alpha value is -4.41. The van der Waals surface area contributed by atoms with Gasteiger partial charge in [-0.15, -0.1) is 0 Å². The number of Topliss-reactive ketones (excluding diaryl/α,β-unsaturated/α-hetero) is 1. The summed E-state index contributed by atoms with van der Waals surface area (Å²) in [6, 6.07) is 22.7. The summed E-state index contributed by atoms with van der Waals surface area (Å²) < 4.78 is 22.3. The normalized spacial score (nSPS) is 17.8. The highest BCUT2D eigenvalue weighted by molar-refractivity contribution is 5.93. The van der Waals surface area contributed by atoms with Crippen LogP contribution < -0.4 is 5.32 Å². The molecule has 1 saturated carbocycles. The van der Waals surface area contributed by atoms with E-state index in [1.807, 2.05) is 0 Å². The molecular weight excluding hydrogens is 765 g/mol. The molecule has 0 spiro atoms. The van der Waals surface area contributed by atoms with Gasteiger partial charge in [-0.3, -0.25) is 14.4 Å². The number of carbonyl (C=O) groups is 3. The van der Waals surface area contributed by atoms with Gasteiger partial charge in [0.25, 0.3) is 5.91 Å². The fourth-order valence-corrected chi connectivity index (χ4v) is 9.61. The molecule has 0 saturated heterocycles. The number of nitrogens with zero attached hydrogens (tertiary/aromatic N) is 1. The highest BCUT2D eigenvalue weighted by Gasteiger charge is 2.42. The van der Waals surface area contributed by atoms with Crippen LogP contribution in [0.4, 0.5) is 0 Å². The van der Waals surface area contributed by atoms with Crippen LogP contribution in [0.1, 0.15) is 99.3 Å². The Morgan fingerprint density at radius 1 is 0.738 bits per heavy atom. The van der Waals surface area contributed by atoms with Crippen molar-refractivity contribution in [2.45, 2.75) is 95.8 Å². The predicted octanol–water partition coefficient (Wildman–Crippen LogP) is 9.32. The van der Waals surface area contributed by atoms with Crippen LogP contribution in [0, 0.1) is 18.8 Å². The average molecular weight is 833 g/mol. The third-order valence-electron chi connectivity index (χ3n) is 13.0. The molecular formula is C52H68N2O7. The van der Waals surface area contributed by atoms with Crippen molar-refractivity contribution in [1.29, 1.82) is 0 Å². The predicted molar refractivity (Wildman–Crippen MR) is 242 cm³/mol. The summed E-state index contributed by atoms with van der Waals surface area (Å²) in [5, 5.41) is 3.03. The maximum Gasteiger partial charge on any atom is 0.251 e. The summed E-state index contributed by atoms with van der Waals surface area (Å²) in [5.41, 5.74) is 10.9. The number of methoxy groups -OCH3 is 2. The number of nitrogens with one attached hydrogen (secondary N) is 1. The molecule has 3 aromatic rings. The van der Waals surface area contributed by atoms with Gasteiger partial charge in [0.2, 0.25) is 5.91 Å². The van der Waals surface area contributed by atoms with Gasteiger partial charge in [0.1, 0.15) is 5.78 Å². The first kappa shape index (κ1) is 46.1. The molecule has 9 nitrogen and oxygen atoms in total. The summed E-state index contributed by atoms with van der Waals surface area (Å²) in [6.07, 6.45) is 14.1. The highest BCUT2D eigenvalue weighted by atomic mass is 16.5. The molecule has 0 atom stereocenters. The third-order valence-corrected chi connectivity index (χ3v) is 13.0. The minimum Gasteiger partial charge on any atom is -0.382 e. The number of ether oxygens (including phenoxy) is 4. The van der Waals surface area contributed by atoms with E-state index in [1.54, 1.807) is 31.3 Å². The van der Waals surface area contributed by atoms with Crippen molar-refractivity contribution in [3.05, 3.63) is 107 Å². The fraction of sp³-hybridized carbons (Fsp3) is 0.519. The minimum atomic E-state index is -0.149. The largest absolute Gasteiger partial charge is 0.382 e. The van der Waals surface area contributed by atoms with Gasteiger partial charge in [0.05, 0.1) is 26.4 Å². The van der Waals surface area contributed by atoms with E-state index in [1.165, 1.54) is 44.5 Å². The van der Waals surface area contributed by atoms with Crippen molar-refractivity contribution in [2.75, 3.05) is 67.0 Å². The zero-order chi connectivity index (χ0) is 43.0. The van der Waals surface area contributed by atoms with E-state index >= 15 is 0 Å². The molecule has 1 N–H and O–H groups in total. The number of rotatable bonds is 26. The van der Waals surface area contributed by atoms with Crippen molar-refractivity contribution < 1.29 is 33.3 Å². The summed E-state index contributed by atoms with van der Waals surface area (Å²) in [7, 11) is 3.41. The minimum absolute atomic E-state index is 0.00960. The second-order valence-corrected chi connectivity index (χ2v) is 17.3. The highest BCUT2D eigenvalue weighted by Crippen LogP contribution is 2.55. The lowest BCUT2D eigenvalue weighted by Crippen LogP contribution is -2.33. The quantitative estimate of drug-likeness (QED) is 0.0805. The van der Waals surface area contributed by atoms with E-state index in [9.17, 15) is 14.4 Å². The first-order chi connectivity index (χ1) is 29.7. The summed E-state index contributed by atoms with van der Waals surface area (Å²) in [4.78, 5) is 39.4. The van der Waals surface area contributed by atoms with Crippen LogP contribution in [0.2, 0.25) is 0 Å². The van der Waals surface area contributed by atoms with Crippen LogP contribution in [0.25, 0.3) is 22.3 Å². The number of hydrogen-bond acceptors (Lipinski definition) is 7. The van der Waals surface area contributed by atoms with Crippen LogP contribution >= 0.6 is 0 Å². The van der Waals surface area contributed by atoms with Gasteiger partial charge < -0.3 is 29.2 Å². The van der Waals surface area contributed by atoms with Crippen molar-refractivity contribution in [1.82, 2.24) is 10.2 Å². The SMILES string of the molecule is C=C1C=CC(=O)N1CC1CCC(C(=O)CCCNC(=O)CCCc2ccc(-c3ccc4c(c3)C(CCCOCCOC)(CCCOCCOC)c3cc(C)ccc3-4)cc2)CC1. The van der Waals surface area contributed by atoms with Crippen LogP contribution in [-0.4, -0.2) is 89.4 Å². The Balaban J connectivity index is 0.982. The van der Waals surface area contributed by atoms with Gasteiger partial charge in [-0.1, -0.05) is 66.7 Å². The summed E-state index contributed by atoms with van der Waals surface area (Å²) in [6.45, 7) is 11.1. The Bertz CT molecular complexity index is 1930. The average Bonchev–Trinajstić information content (AvgIpc) is 3.73. The molecule has 6 rings (SSSR count). The Kier molecular flexibility index (Phi) is 17.5. The molecule has 2 amide bonds. The van der Waals surface area contributed by atoms with Gasteiger partial charge in [-0.05, 0) is 135 Å². The molecule has 0 aromatic heterocycles. The van der Waals surface area contributed by atoms with Crippen LogP contribution in [0.15, 0.2) is 85.1 Å². The van der Waals surface area contributed by atoms with E-state index in [-0.39, 0.29) is 23.1 Å². The third kappa shape index (κ3) is 12.4. The Morgan fingerprint density at radius 2 is 1.38 bits per heavy atom. The van der Waals surface area contributed by atoms with Gasteiger partial charge in [-0.25, -0.2) is 0 Å². The maximum absolute atomic E-state index is 12.9. The number of ketones is 1. The molecule has 1 fully saturated rings. The topological polar surface area (TPSA) is 103 Å². The van der Waals surface area contributed by atoms with E-state index in [4.69, 9.17) is 18.9 Å². The number of carbonyl (C=O) groups excluding carboxylic acids is 3. The molecule has 9 heteroatoms. The number of hydrogen-bond donors (Lipinski definition) is 1. The van der Waals surface area contributed by atoms with Crippen molar-refractivity contribution in [3.8, 4) is 22.3 Å². The second kappa shape index (κ2) is 23.2. The molecule has 1 heterocycles. The number of allylic oxidation sites excluding steroid dienone is 1. The van der Waals surface area contributed by atoms with Crippen molar-refractivity contribution >= 4 is 17.6 Å². The fourth-order valence-electron chi connectivity index (χ4n) is 9.61. The lowest BCUT2D eigenvalue weighted by molar-refractivity contribution is -0.126. The van der Waals surface area contributed by atoms with Gasteiger partial charge in [0.15, 0.2) is 0 Å². The lowest BCUT2D eigenvalue weighted by Gasteiger charge is -2.33. The van der Waals surface area contributed by atoms with Gasteiger partial charge >= 0.3 is 0 Å². The number of fused-ring (bicyclic) bond motifs is 3. The second-order valence-electron chi connectivity index (χ2n) is 17.3. The number of amides is 2. The van der Waals surface area contributed by atoms with E-state index in [2.05, 4.69) is 79.5 Å². The number of benzene rings is 3. The molecule has 0 bridgehead atoms. The molecule has 0 radical (unpaired) electrons. The van der Waals surface area contributed by atoms with Crippen molar-refractivity contribution in [2.24, 2.45) is 11.8 Å². The van der Waals surface area contributed by atoms with Crippen LogP contribution in [0.3, 0.4) is 0 Å². The van der Waals surface area contributed by atoms with E-state index in [0.717, 1.165) is 69.9 Å². The lowest BCUT2D eigenvalue weighted by atomic mass is 9.71. The molecule has 1 aliphatic heterocycles. The first-order valence-corrected chi connectivity index (χ1v) is 22.7. The first-order valence-electron chi connectivity index (χ1n) is 22.7. The maximum atomic E-state index is 12.9. The van der Waals surface area contributed by atoms with Crippen LogP contribution in [0.5, 0.6) is 0 Å². The molecule has 3 aromatic carbocycles. The molecule has 3 aliphatic rings. The van der Waals surface area contributed by atoms with Gasteiger partial charge in [0, 0.05) is 76.5 Å². The van der Waals surface area contributed by atoms with Crippen LogP contribution in [-0.2, 0) is 45.2 Å². The molecule has 0 unspecified atom stereocenters. The summed E-state index contributed by atoms with van der Waals surface area (Å²) in [5.74, 6) is 0.860. The molecule has 61 heavy (non-hydrogen) atoms. The van der Waals surface area contributed by atoms with Gasteiger partial charge in [-0.2, -0.15) is 0 Å². The monoisotopic (exact) mass is 833 g/mol. The van der Waals surface area contributed by atoms with Crippen molar-refractivity contribution in [3.63, 3.8) is 0 Å². The summed E-state index contributed by atoms with van der Waals surface area (Å²) >= 11 is 0. The molecule has 328 valence electrons. The van der Waals surface area contributed by atoms with E-state index in [0.29, 0.717) is 83.7 Å². The standard InChI is InChI=1S/C52H68N2O7/c1-38-12-23-45-46-24-22-44(36-48(46)52(47(45)35-38,26-7-29-60-33-31-58-3)27-8-30-61-34-32-59-4)42-18-14-40(15-19-42)9-5-11-50(56)53-28-6-10-49(55)43-20-16-41(17-21-43)37-54-39(2)13-25-51(54)57/h12-15,18-19,22-25,35-36,41,43H,2,5-11,16-17,20-21,26-34,37H2,1,3-4H3,(H,53,56). The zero-order valence-electron chi connectivity index (χ0n) is 36.9. The van der Waals surface area contributed by atoms with E-state index < -0.39 is 0 Å². The number of aryl methyl sites for hydroxylation is 2. The molecule has 2 aliphatic carbocycles.